The van der Waals surface area contributed by atoms with Crippen molar-refractivity contribution in [3.63, 3.8) is 0 Å². The molecule has 0 aliphatic carbocycles. The van der Waals surface area contributed by atoms with Gasteiger partial charge in [0.05, 0.1) is 18.4 Å². The third-order valence-electron chi connectivity index (χ3n) is 6.40. The zero-order valence-corrected chi connectivity index (χ0v) is 18.9. The monoisotopic (exact) mass is 440 g/mol. The first kappa shape index (κ1) is 22.3. The Hall–Kier alpha value is -2.87. The topological polar surface area (TPSA) is 85.7 Å². The van der Waals surface area contributed by atoms with Crippen molar-refractivity contribution in [2.45, 2.75) is 44.8 Å². The quantitative estimate of drug-likeness (QED) is 0.714. The predicted octanol–water partition coefficient (Wildman–Crippen LogP) is 2.32. The second-order valence-corrected chi connectivity index (χ2v) is 8.63. The number of aromatic nitrogens is 2. The van der Waals surface area contributed by atoms with E-state index < -0.39 is 0 Å². The number of ether oxygens (including phenoxy) is 2. The molecule has 1 aromatic carbocycles. The van der Waals surface area contributed by atoms with Crippen LogP contribution in [0.1, 0.15) is 47.3 Å². The number of hydrogen-bond acceptors (Lipinski definition) is 5. The van der Waals surface area contributed by atoms with Crippen molar-refractivity contribution in [2.75, 3.05) is 26.8 Å². The smallest absolute Gasteiger partial charge is 0.255 e. The summed E-state index contributed by atoms with van der Waals surface area (Å²) in [5.41, 5.74) is 2.35. The maximum Gasteiger partial charge on any atom is 0.255 e. The number of aryl methyl sites for hydroxylation is 1. The maximum absolute atomic E-state index is 12.9. The summed E-state index contributed by atoms with van der Waals surface area (Å²) in [5.74, 6) is 1.16. The number of piperidine rings is 1. The van der Waals surface area contributed by atoms with Gasteiger partial charge in [-0.15, -0.1) is 0 Å². The third-order valence-corrected chi connectivity index (χ3v) is 6.40. The molecule has 2 aromatic rings. The molecule has 32 heavy (non-hydrogen) atoms. The van der Waals surface area contributed by atoms with E-state index in [1.54, 1.807) is 18.0 Å². The van der Waals surface area contributed by atoms with E-state index >= 15 is 0 Å². The molecule has 2 aliphatic heterocycles. The highest BCUT2D eigenvalue weighted by molar-refractivity contribution is 5.95. The standard InChI is InChI=1S/C24H32N4O4/c1-27-16-19(23(29)25-15-18-6-3-4-7-21(18)31-2)20(26-27)14-17-9-11-28(12-10-17)24(30)22-8-5-13-32-22/h3-4,6-7,16-17,22H,5,8-15H2,1-2H3,(H,25,29)/t22-/m1/s1. The van der Waals surface area contributed by atoms with E-state index in [0.29, 0.717) is 24.6 Å². The number of carbonyl (C=O) groups is 2. The molecule has 8 heteroatoms. The Labute approximate surface area is 188 Å². The van der Waals surface area contributed by atoms with Crippen LogP contribution in [-0.2, 0) is 29.5 Å². The van der Waals surface area contributed by atoms with Gasteiger partial charge in [-0.1, -0.05) is 18.2 Å². The molecular formula is C24H32N4O4. The van der Waals surface area contributed by atoms with Gasteiger partial charge in [0.2, 0.25) is 0 Å². The highest BCUT2D eigenvalue weighted by Gasteiger charge is 2.31. The molecule has 2 aliphatic rings. The number of nitrogens with one attached hydrogen (secondary N) is 1. The number of hydrogen-bond donors (Lipinski definition) is 1. The van der Waals surface area contributed by atoms with E-state index in [1.807, 2.05) is 36.2 Å². The van der Waals surface area contributed by atoms with Crippen molar-refractivity contribution >= 4 is 11.8 Å². The van der Waals surface area contributed by atoms with E-state index in [2.05, 4.69) is 10.4 Å². The number of nitrogens with zero attached hydrogens (tertiary/aromatic N) is 3. The van der Waals surface area contributed by atoms with Gasteiger partial charge in [0.25, 0.3) is 11.8 Å². The summed E-state index contributed by atoms with van der Waals surface area (Å²) >= 11 is 0. The predicted molar refractivity (Wildman–Crippen MR) is 119 cm³/mol. The highest BCUT2D eigenvalue weighted by Crippen LogP contribution is 2.25. The van der Waals surface area contributed by atoms with Gasteiger partial charge in [0.1, 0.15) is 11.9 Å². The lowest BCUT2D eigenvalue weighted by atomic mass is 9.91. The molecule has 0 radical (unpaired) electrons. The Morgan fingerprint density at radius 1 is 1.22 bits per heavy atom. The van der Waals surface area contributed by atoms with Crippen LogP contribution in [0.2, 0.25) is 0 Å². The van der Waals surface area contributed by atoms with Crippen LogP contribution in [0.3, 0.4) is 0 Å². The second-order valence-electron chi connectivity index (χ2n) is 8.63. The summed E-state index contributed by atoms with van der Waals surface area (Å²) in [6, 6.07) is 7.65. The van der Waals surface area contributed by atoms with Crippen LogP contribution in [-0.4, -0.2) is 59.4 Å². The van der Waals surface area contributed by atoms with Crippen molar-refractivity contribution in [1.82, 2.24) is 20.0 Å². The van der Waals surface area contributed by atoms with Gasteiger partial charge in [-0.2, -0.15) is 5.10 Å². The van der Waals surface area contributed by atoms with Crippen molar-refractivity contribution in [3.05, 3.63) is 47.3 Å². The number of benzene rings is 1. The lowest BCUT2D eigenvalue weighted by Crippen LogP contribution is -2.44. The minimum Gasteiger partial charge on any atom is -0.496 e. The van der Waals surface area contributed by atoms with Crippen LogP contribution in [0.5, 0.6) is 5.75 Å². The zero-order valence-electron chi connectivity index (χ0n) is 18.9. The molecule has 2 amide bonds. The normalized spacial score (nSPS) is 19.2. The van der Waals surface area contributed by atoms with E-state index in [0.717, 1.165) is 62.2 Å². The number of rotatable bonds is 7. The van der Waals surface area contributed by atoms with Crippen molar-refractivity contribution in [1.29, 1.82) is 0 Å². The van der Waals surface area contributed by atoms with E-state index in [-0.39, 0.29) is 17.9 Å². The summed E-state index contributed by atoms with van der Waals surface area (Å²) in [6.45, 7) is 2.56. The molecule has 1 atom stereocenters. The second kappa shape index (κ2) is 10.2. The molecule has 0 spiro atoms. The van der Waals surface area contributed by atoms with Gasteiger partial charge < -0.3 is 19.7 Å². The number of methoxy groups -OCH3 is 1. The van der Waals surface area contributed by atoms with Gasteiger partial charge in [-0.3, -0.25) is 14.3 Å². The van der Waals surface area contributed by atoms with E-state index in [4.69, 9.17) is 9.47 Å². The molecule has 0 unspecified atom stereocenters. The minimum atomic E-state index is -0.249. The summed E-state index contributed by atoms with van der Waals surface area (Å²) in [4.78, 5) is 27.4. The number of amides is 2. The number of para-hydroxylation sites is 1. The SMILES string of the molecule is COc1ccccc1CNC(=O)c1cn(C)nc1CC1CCN(C(=O)[C@H]2CCCO2)CC1. The van der Waals surface area contributed by atoms with Gasteiger partial charge in [0.15, 0.2) is 0 Å². The summed E-state index contributed by atoms with van der Waals surface area (Å²) < 4.78 is 12.6. The third kappa shape index (κ3) is 5.12. The molecule has 2 fully saturated rings. The number of carbonyl (C=O) groups excluding carboxylic acids is 2. The first-order chi connectivity index (χ1) is 15.5. The van der Waals surface area contributed by atoms with E-state index in [9.17, 15) is 9.59 Å². The lowest BCUT2D eigenvalue weighted by Gasteiger charge is -2.33. The molecule has 0 bridgehead atoms. The van der Waals surface area contributed by atoms with Crippen LogP contribution < -0.4 is 10.1 Å². The van der Waals surface area contributed by atoms with Gasteiger partial charge in [-0.05, 0) is 44.1 Å². The first-order valence-corrected chi connectivity index (χ1v) is 11.4. The molecular weight excluding hydrogens is 408 g/mol. The van der Waals surface area contributed by atoms with Gasteiger partial charge in [-0.25, -0.2) is 0 Å². The molecule has 1 aromatic heterocycles. The molecule has 2 saturated heterocycles. The largest absolute Gasteiger partial charge is 0.496 e. The lowest BCUT2D eigenvalue weighted by molar-refractivity contribution is -0.142. The van der Waals surface area contributed by atoms with Gasteiger partial charge >= 0.3 is 0 Å². The average molecular weight is 441 g/mol. The minimum absolute atomic E-state index is 0.134. The Balaban J connectivity index is 1.33. The fourth-order valence-electron chi connectivity index (χ4n) is 4.60. The van der Waals surface area contributed by atoms with Crippen molar-refractivity contribution in [2.24, 2.45) is 13.0 Å². The molecule has 3 heterocycles. The molecule has 1 N–H and O–H groups in total. The fourth-order valence-corrected chi connectivity index (χ4v) is 4.60. The average Bonchev–Trinajstić information content (AvgIpc) is 3.48. The Morgan fingerprint density at radius 3 is 2.72 bits per heavy atom. The highest BCUT2D eigenvalue weighted by atomic mass is 16.5. The first-order valence-electron chi connectivity index (χ1n) is 11.4. The van der Waals surface area contributed by atoms with Crippen molar-refractivity contribution in [3.8, 4) is 5.75 Å². The van der Waals surface area contributed by atoms with Gasteiger partial charge in [0, 0.05) is 45.0 Å². The number of likely N-dealkylation sites (tertiary alicyclic amines) is 1. The molecule has 172 valence electrons. The fraction of sp³-hybridized carbons (Fsp3) is 0.542. The van der Waals surface area contributed by atoms with Crippen LogP contribution in [0.15, 0.2) is 30.5 Å². The van der Waals surface area contributed by atoms with Crippen LogP contribution in [0.25, 0.3) is 0 Å². The molecule has 4 rings (SSSR count). The summed E-state index contributed by atoms with van der Waals surface area (Å²) in [5, 5.41) is 7.56. The van der Waals surface area contributed by atoms with Crippen LogP contribution in [0, 0.1) is 5.92 Å². The zero-order chi connectivity index (χ0) is 22.5. The Bertz CT molecular complexity index is 943. The summed E-state index contributed by atoms with van der Waals surface area (Å²) in [6.07, 6.45) is 5.90. The summed E-state index contributed by atoms with van der Waals surface area (Å²) in [7, 11) is 3.46. The Kier molecular flexibility index (Phi) is 7.09. The van der Waals surface area contributed by atoms with Crippen LogP contribution in [0.4, 0.5) is 0 Å². The Morgan fingerprint density at radius 2 is 2.00 bits per heavy atom. The van der Waals surface area contributed by atoms with Crippen LogP contribution >= 0.6 is 0 Å². The van der Waals surface area contributed by atoms with E-state index in [1.165, 1.54) is 0 Å². The van der Waals surface area contributed by atoms with Crippen molar-refractivity contribution < 1.29 is 19.1 Å². The molecule has 0 saturated carbocycles. The maximum atomic E-state index is 12.9. The molecule has 8 nitrogen and oxygen atoms in total.